The average Bonchev–Trinajstić information content (AvgIpc) is 2.85. The zero-order valence-corrected chi connectivity index (χ0v) is 13.6. The van der Waals surface area contributed by atoms with E-state index in [4.69, 9.17) is 11.0 Å². The summed E-state index contributed by atoms with van der Waals surface area (Å²) in [7, 11) is 0. The standard InChI is InChI=1S/C16H21N5O/c1-9(2)15(10(3)14-8-19-21-12(14)5)16(22)20-11(4)13(6-17)7-18/h6,8-9H,17H2,1-5H3,(H,19,21)/b13-6?,15-10+,20-11?. The van der Waals surface area contributed by atoms with Crippen molar-refractivity contribution in [3.8, 4) is 6.07 Å². The number of nitrogens with two attached hydrogens (primary N) is 1. The number of aliphatic imine (C=N–C) groups is 1. The van der Waals surface area contributed by atoms with Gasteiger partial charge < -0.3 is 5.73 Å². The number of hydrogen-bond acceptors (Lipinski definition) is 4. The molecule has 3 N–H and O–H groups in total. The van der Waals surface area contributed by atoms with Crippen molar-refractivity contribution in [3.63, 3.8) is 0 Å². The number of amides is 1. The summed E-state index contributed by atoms with van der Waals surface area (Å²) in [5.74, 6) is -0.369. The maximum Gasteiger partial charge on any atom is 0.273 e. The van der Waals surface area contributed by atoms with Crippen molar-refractivity contribution in [3.05, 3.63) is 34.8 Å². The van der Waals surface area contributed by atoms with E-state index in [1.165, 1.54) is 0 Å². The van der Waals surface area contributed by atoms with Gasteiger partial charge in [-0.2, -0.15) is 10.4 Å². The largest absolute Gasteiger partial charge is 0.403 e. The van der Waals surface area contributed by atoms with Gasteiger partial charge in [-0.1, -0.05) is 13.8 Å². The zero-order valence-electron chi connectivity index (χ0n) is 13.6. The van der Waals surface area contributed by atoms with Crippen LogP contribution in [-0.2, 0) is 4.79 Å². The van der Waals surface area contributed by atoms with Gasteiger partial charge in [0.1, 0.15) is 6.07 Å². The van der Waals surface area contributed by atoms with Crippen LogP contribution in [0.1, 0.15) is 39.0 Å². The van der Waals surface area contributed by atoms with Crippen LogP contribution in [0.5, 0.6) is 0 Å². The van der Waals surface area contributed by atoms with Gasteiger partial charge in [-0.05, 0) is 32.3 Å². The number of aromatic amines is 1. The lowest BCUT2D eigenvalue weighted by Crippen LogP contribution is -2.11. The van der Waals surface area contributed by atoms with Crippen LogP contribution in [0, 0.1) is 24.2 Å². The first kappa shape index (κ1) is 17.4. The van der Waals surface area contributed by atoms with Crippen LogP contribution < -0.4 is 5.73 Å². The number of carbonyl (C=O) groups excluding carboxylic acids is 1. The normalized spacial score (nSPS) is 13.9. The Bertz CT molecular complexity index is 698. The SMILES string of the molecule is CC(=NC(=O)/C(=C(\C)c1cn[nH]c1C)C(C)C)C(C#N)=CN. The maximum atomic E-state index is 12.5. The molecule has 1 aromatic heterocycles. The monoisotopic (exact) mass is 299 g/mol. The fourth-order valence-corrected chi connectivity index (χ4v) is 2.23. The second-order valence-electron chi connectivity index (χ2n) is 5.30. The Morgan fingerprint density at radius 1 is 1.50 bits per heavy atom. The number of rotatable bonds is 4. The van der Waals surface area contributed by atoms with Crippen molar-refractivity contribution in [1.29, 1.82) is 5.26 Å². The number of hydrogen-bond donors (Lipinski definition) is 2. The van der Waals surface area contributed by atoms with Crippen LogP contribution in [0.2, 0.25) is 0 Å². The molecule has 0 atom stereocenters. The first-order valence-electron chi connectivity index (χ1n) is 6.96. The second kappa shape index (κ2) is 7.36. The maximum absolute atomic E-state index is 12.5. The van der Waals surface area contributed by atoms with Crippen LogP contribution in [-0.4, -0.2) is 21.8 Å². The molecular weight excluding hydrogens is 278 g/mol. The van der Waals surface area contributed by atoms with Gasteiger partial charge in [0.2, 0.25) is 0 Å². The Hall–Kier alpha value is -2.68. The fourth-order valence-electron chi connectivity index (χ4n) is 2.23. The van der Waals surface area contributed by atoms with E-state index in [9.17, 15) is 4.79 Å². The molecule has 0 bridgehead atoms. The minimum absolute atomic E-state index is 0.00857. The molecule has 0 radical (unpaired) electrons. The predicted octanol–water partition coefficient (Wildman–Crippen LogP) is 2.50. The molecule has 0 saturated carbocycles. The summed E-state index contributed by atoms with van der Waals surface area (Å²) in [4.78, 5) is 16.5. The Labute approximate surface area is 130 Å². The molecule has 0 saturated heterocycles. The minimum atomic E-state index is -0.361. The summed E-state index contributed by atoms with van der Waals surface area (Å²) in [5.41, 5.74) is 9.06. The molecule has 0 spiro atoms. The Morgan fingerprint density at radius 3 is 2.55 bits per heavy atom. The van der Waals surface area contributed by atoms with Gasteiger partial charge in [-0.15, -0.1) is 0 Å². The summed E-state index contributed by atoms with van der Waals surface area (Å²) in [6, 6.07) is 1.91. The van der Waals surface area contributed by atoms with E-state index < -0.39 is 0 Å². The quantitative estimate of drug-likeness (QED) is 0.506. The minimum Gasteiger partial charge on any atom is -0.403 e. The molecule has 1 rings (SSSR count). The number of nitrogens with one attached hydrogen (secondary N) is 1. The van der Waals surface area contributed by atoms with Crippen molar-refractivity contribution in [1.82, 2.24) is 10.2 Å². The first-order valence-corrected chi connectivity index (χ1v) is 6.96. The number of aryl methyl sites for hydroxylation is 1. The van der Waals surface area contributed by atoms with E-state index in [-0.39, 0.29) is 17.4 Å². The van der Waals surface area contributed by atoms with Crippen LogP contribution in [0.25, 0.3) is 5.57 Å². The van der Waals surface area contributed by atoms with E-state index in [1.54, 1.807) is 13.1 Å². The molecule has 1 aromatic rings. The molecule has 6 nitrogen and oxygen atoms in total. The number of nitriles is 1. The highest BCUT2D eigenvalue weighted by Crippen LogP contribution is 2.26. The summed E-state index contributed by atoms with van der Waals surface area (Å²) in [5, 5.41) is 15.8. The molecule has 0 aliphatic carbocycles. The van der Waals surface area contributed by atoms with Gasteiger partial charge in [-0.3, -0.25) is 9.89 Å². The van der Waals surface area contributed by atoms with Crippen molar-refractivity contribution in [2.45, 2.75) is 34.6 Å². The zero-order chi connectivity index (χ0) is 16.9. The Balaban J connectivity index is 3.34. The van der Waals surface area contributed by atoms with Crippen LogP contribution in [0.15, 0.2) is 28.5 Å². The summed E-state index contributed by atoms with van der Waals surface area (Å²) < 4.78 is 0. The third-order valence-corrected chi connectivity index (χ3v) is 3.39. The highest BCUT2D eigenvalue weighted by atomic mass is 16.1. The molecule has 0 aromatic carbocycles. The van der Waals surface area contributed by atoms with Gasteiger partial charge in [0.05, 0.1) is 17.5 Å². The van der Waals surface area contributed by atoms with Crippen LogP contribution in [0.3, 0.4) is 0 Å². The number of H-pyrrole nitrogens is 1. The van der Waals surface area contributed by atoms with Gasteiger partial charge >= 0.3 is 0 Å². The van der Waals surface area contributed by atoms with Crippen molar-refractivity contribution in [2.24, 2.45) is 16.6 Å². The molecule has 22 heavy (non-hydrogen) atoms. The lowest BCUT2D eigenvalue weighted by molar-refractivity contribution is -0.114. The molecule has 0 aliphatic rings. The van der Waals surface area contributed by atoms with Gasteiger partial charge in [-0.25, -0.2) is 4.99 Å². The van der Waals surface area contributed by atoms with Gasteiger partial charge in [0, 0.05) is 23.0 Å². The number of aromatic nitrogens is 2. The average molecular weight is 299 g/mol. The van der Waals surface area contributed by atoms with E-state index in [0.29, 0.717) is 11.3 Å². The summed E-state index contributed by atoms with van der Waals surface area (Å²) in [6.07, 6.45) is 2.84. The van der Waals surface area contributed by atoms with Gasteiger partial charge in [0.25, 0.3) is 5.91 Å². The molecule has 1 heterocycles. The van der Waals surface area contributed by atoms with E-state index in [2.05, 4.69) is 15.2 Å². The molecule has 1 amide bonds. The lowest BCUT2D eigenvalue weighted by Gasteiger charge is -2.13. The topological polar surface area (TPSA) is 108 Å². The Morgan fingerprint density at radius 2 is 2.14 bits per heavy atom. The highest BCUT2D eigenvalue weighted by Gasteiger charge is 2.19. The predicted molar refractivity (Wildman–Crippen MR) is 86.8 cm³/mol. The Kier molecular flexibility index (Phi) is 5.81. The van der Waals surface area contributed by atoms with Crippen molar-refractivity contribution >= 4 is 17.2 Å². The van der Waals surface area contributed by atoms with Crippen molar-refractivity contribution in [2.75, 3.05) is 0 Å². The molecule has 0 unspecified atom stereocenters. The smallest absolute Gasteiger partial charge is 0.273 e. The molecule has 0 fully saturated rings. The van der Waals surface area contributed by atoms with E-state index in [0.717, 1.165) is 23.0 Å². The fraction of sp³-hybridized carbons (Fsp3) is 0.375. The molecule has 116 valence electrons. The van der Waals surface area contributed by atoms with Crippen LogP contribution in [0.4, 0.5) is 0 Å². The summed E-state index contributed by atoms with van der Waals surface area (Å²) >= 11 is 0. The third-order valence-electron chi connectivity index (χ3n) is 3.39. The number of nitrogens with zero attached hydrogens (tertiary/aromatic N) is 3. The first-order chi connectivity index (χ1) is 10.3. The molecular formula is C16H21N5O. The highest BCUT2D eigenvalue weighted by molar-refractivity contribution is 6.12. The lowest BCUT2D eigenvalue weighted by atomic mass is 9.93. The van der Waals surface area contributed by atoms with E-state index >= 15 is 0 Å². The molecule has 6 heteroatoms. The van der Waals surface area contributed by atoms with Crippen LogP contribution >= 0.6 is 0 Å². The number of carbonyl (C=O) groups is 1. The third kappa shape index (κ3) is 3.70. The number of allylic oxidation sites excluding steroid dienone is 2. The summed E-state index contributed by atoms with van der Waals surface area (Å²) in [6.45, 7) is 9.23. The van der Waals surface area contributed by atoms with Gasteiger partial charge in [0.15, 0.2) is 0 Å². The van der Waals surface area contributed by atoms with E-state index in [1.807, 2.05) is 33.8 Å². The molecule has 0 aliphatic heterocycles. The van der Waals surface area contributed by atoms with Crippen molar-refractivity contribution < 1.29 is 4.79 Å². The second-order valence-corrected chi connectivity index (χ2v) is 5.30.